The van der Waals surface area contributed by atoms with E-state index in [2.05, 4.69) is 0 Å². The Balaban J connectivity index is 2.07. The van der Waals surface area contributed by atoms with Gasteiger partial charge in [0.2, 0.25) is 0 Å². The third-order valence-corrected chi connectivity index (χ3v) is 2.77. The van der Waals surface area contributed by atoms with E-state index in [0.717, 1.165) is 5.56 Å². The highest BCUT2D eigenvalue weighted by atomic mass is 16.6. The van der Waals surface area contributed by atoms with Crippen molar-refractivity contribution in [2.45, 2.75) is 6.92 Å². The summed E-state index contributed by atoms with van der Waals surface area (Å²) in [5.74, 6) is -0.812. The first-order valence-corrected chi connectivity index (χ1v) is 7.33. The molecule has 24 heavy (non-hydrogen) atoms. The number of carboxylic acid groups (broad SMARTS) is 1. The van der Waals surface area contributed by atoms with Gasteiger partial charge in [-0.25, -0.2) is 4.79 Å². The summed E-state index contributed by atoms with van der Waals surface area (Å²) in [5.41, 5.74) is 0.717. The zero-order valence-electron chi connectivity index (χ0n) is 13.4. The van der Waals surface area contributed by atoms with Gasteiger partial charge in [-0.2, -0.15) is 0 Å². The van der Waals surface area contributed by atoms with Gasteiger partial charge in [0.15, 0.2) is 5.75 Å². The van der Waals surface area contributed by atoms with Crippen LogP contribution in [0, 0.1) is 17.0 Å². The Morgan fingerprint density at radius 3 is 2.25 bits per heavy atom. The van der Waals surface area contributed by atoms with Crippen LogP contribution in [0.2, 0.25) is 0 Å². The number of aliphatic carboxylic acids is 1. The van der Waals surface area contributed by atoms with Gasteiger partial charge in [-0.05, 0) is 18.6 Å². The van der Waals surface area contributed by atoms with Crippen LogP contribution in [0.1, 0.15) is 5.56 Å². The average Bonchev–Trinajstić information content (AvgIpc) is 2.53. The molecule has 0 saturated heterocycles. The molecule has 0 aliphatic carbocycles. The fraction of sp³-hybridized carbons (Fsp3) is 0.533. The van der Waals surface area contributed by atoms with Crippen molar-refractivity contribution in [2.75, 3.05) is 46.2 Å². The maximum Gasteiger partial charge on any atom is 0.329 e. The van der Waals surface area contributed by atoms with Crippen LogP contribution in [0.25, 0.3) is 0 Å². The molecule has 0 unspecified atom stereocenters. The number of nitro groups is 1. The molecule has 0 bridgehead atoms. The zero-order chi connectivity index (χ0) is 17.8. The molecular formula is C15H21NO8. The van der Waals surface area contributed by atoms with Gasteiger partial charge in [0.25, 0.3) is 0 Å². The number of benzene rings is 1. The highest BCUT2D eigenvalue weighted by molar-refractivity contribution is 5.67. The summed E-state index contributed by atoms with van der Waals surface area (Å²) in [7, 11) is 0. The molecule has 0 fully saturated rings. The molecule has 9 heteroatoms. The lowest BCUT2D eigenvalue weighted by Crippen LogP contribution is -2.14. The van der Waals surface area contributed by atoms with Crippen LogP contribution in [0.5, 0.6) is 5.75 Å². The quantitative estimate of drug-likeness (QED) is 0.324. The van der Waals surface area contributed by atoms with Crippen molar-refractivity contribution in [1.82, 2.24) is 0 Å². The van der Waals surface area contributed by atoms with Gasteiger partial charge < -0.3 is 24.1 Å². The first kappa shape index (κ1) is 19.8. The van der Waals surface area contributed by atoms with E-state index in [1.807, 2.05) is 0 Å². The molecule has 0 amide bonds. The van der Waals surface area contributed by atoms with Gasteiger partial charge in [-0.1, -0.05) is 6.07 Å². The number of nitro benzene ring substituents is 1. The highest BCUT2D eigenvalue weighted by Gasteiger charge is 2.14. The summed E-state index contributed by atoms with van der Waals surface area (Å²) < 4.78 is 20.6. The van der Waals surface area contributed by atoms with Gasteiger partial charge >= 0.3 is 11.7 Å². The van der Waals surface area contributed by atoms with E-state index in [1.165, 1.54) is 6.07 Å². The second-order valence-electron chi connectivity index (χ2n) is 4.75. The molecule has 9 nitrogen and oxygen atoms in total. The van der Waals surface area contributed by atoms with E-state index in [-0.39, 0.29) is 44.5 Å². The minimum absolute atomic E-state index is 0.0697. The minimum Gasteiger partial charge on any atom is -0.484 e. The summed E-state index contributed by atoms with van der Waals surface area (Å²) in [5, 5.41) is 19.3. The summed E-state index contributed by atoms with van der Waals surface area (Å²) >= 11 is 0. The van der Waals surface area contributed by atoms with Crippen LogP contribution in [0.15, 0.2) is 18.2 Å². The molecule has 1 rings (SSSR count). The molecule has 1 N–H and O–H groups in total. The molecule has 134 valence electrons. The summed E-state index contributed by atoms with van der Waals surface area (Å²) in [4.78, 5) is 20.6. The van der Waals surface area contributed by atoms with Crippen LogP contribution >= 0.6 is 0 Å². The van der Waals surface area contributed by atoms with Crippen molar-refractivity contribution in [3.8, 4) is 5.75 Å². The SMILES string of the molecule is Cc1ccc(OCCOCCOCCOCC(=O)O)c([N+](=O)[O-])c1. The average molecular weight is 343 g/mol. The van der Waals surface area contributed by atoms with Crippen molar-refractivity contribution in [3.05, 3.63) is 33.9 Å². The van der Waals surface area contributed by atoms with E-state index >= 15 is 0 Å². The summed E-state index contributed by atoms with van der Waals surface area (Å²) in [6.45, 7) is 3.03. The second-order valence-corrected chi connectivity index (χ2v) is 4.75. The number of aryl methyl sites for hydroxylation is 1. The van der Waals surface area contributed by atoms with E-state index in [0.29, 0.717) is 13.2 Å². The number of nitrogens with zero attached hydrogens (tertiary/aromatic N) is 1. The van der Waals surface area contributed by atoms with Gasteiger partial charge in [-0.3, -0.25) is 10.1 Å². The fourth-order valence-corrected chi connectivity index (χ4v) is 1.70. The van der Waals surface area contributed by atoms with Crippen LogP contribution in [0.3, 0.4) is 0 Å². The lowest BCUT2D eigenvalue weighted by Gasteiger charge is -2.08. The zero-order valence-corrected chi connectivity index (χ0v) is 13.4. The van der Waals surface area contributed by atoms with Gasteiger partial charge in [-0.15, -0.1) is 0 Å². The number of hydrogen-bond acceptors (Lipinski definition) is 7. The molecule has 0 heterocycles. The Morgan fingerprint density at radius 1 is 1.08 bits per heavy atom. The van der Waals surface area contributed by atoms with E-state index in [4.69, 9.17) is 24.1 Å². The third-order valence-electron chi connectivity index (χ3n) is 2.77. The molecule has 1 aromatic carbocycles. The molecule has 0 aromatic heterocycles. The molecule has 0 aliphatic heterocycles. The van der Waals surface area contributed by atoms with Gasteiger partial charge in [0, 0.05) is 6.07 Å². The van der Waals surface area contributed by atoms with Gasteiger partial charge in [0.1, 0.15) is 13.2 Å². The maximum absolute atomic E-state index is 10.9. The lowest BCUT2D eigenvalue weighted by atomic mass is 10.2. The van der Waals surface area contributed by atoms with Crippen molar-refractivity contribution in [2.24, 2.45) is 0 Å². The standard InChI is InChI=1S/C15H21NO8/c1-12-2-3-14(13(10-12)16(19)20)24-9-8-22-5-4-21-6-7-23-11-15(17)18/h2-3,10H,4-9,11H2,1H3,(H,17,18). The van der Waals surface area contributed by atoms with Crippen LogP contribution in [-0.2, 0) is 19.0 Å². The summed E-state index contributed by atoms with van der Waals surface area (Å²) in [6, 6.07) is 4.76. The Hall–Kier alpha value is -2.23. The molecule has 0 radical (unpaired) electrons. The highest BCUT2D eigenvalue weighted by Crippen LogP contribution is 2.27. The third kappa shape index (κ3) is 8.42. The number of carbonyl (C=O) groups is 1. The first-order chi connectivity index (χ1) is 11.5. The normalized spacial score (nSPS) is 10.5. The second kappa shape index (κ2) is 11.3. The molecule has 0 saturated carbocycles. The largest absolute Gasteiger partial charge is 0.484 e. The van der Waals surface area contributed by atoms with Crippen LogP contribution < -0.4 is 4.74 Å². The van der Waals surface area contributed by atoms with E-state index in [1.54, 1.807) is 19.1 Å². The van der Waals surface area contributed by atoms with Crippen LogP contribution in [0.4, 0.5) is 5.69 Å². The van der Waals surface area contributed by atoms with Crippen LogP contribution in [-0.4, -0.2) is 62.2 Å². The number of ether oxygens (including phenoxy) is 4. The Labute approximate surface area is 139 Å². The summed E-state index contributed by atoms with van der Waals surface area (Å²) in [6.07, 6.45) is 0. The maximum atomic E-state index is 10.9. The Morgan fingerprint density at radius 2 is 1.67 bits per heavy atom. The monoisotopic (exact) mass is 343 g/mol. The minimum atomic E-state index is -1.02. The molecule has 1 aromatic rings. The van der Waals surface area contributed by atoms with E-state index < -0.39 is 10.9 Å². The van der Waals surface area contributed by atoms with E-state index in [9.17, 15) is 14.9 Å². The van der Waals surface area contributed by atoms with Crippen molar-refractivity contribution in [3.63, 3.8) is 0 Å². The number of carboxylic acids is 1. The molecule has 0 spiro atoms. The number of rotatable bonds is 13. The topological polar surface area (TPSA) is 117 Å². The Kier molecular flexibility index (Phi) is 9.35. The molecule has 0 aliphatic rings. The smallest absolute Gasteiger partial charge is 0.329 e. The predicted octanol–water partition coefficient (Wildman–Crippen LogP) is 1.42. The molecule has 0 atom stereocenters. The van der Waals surface area contributed by atoms with Crippen molar-refractivity contribution in [1.29, 1.82) is 0 Å². The van der Waals surface area contributed by atoms with Crippen molar-refractivity contribution >= 4 is 11.7 Å². The first-order valence-electron chi connectivity index (χ1n) is 7.33. The van der Waals surface area contributed by atoms with Gasteiger partial charge in [0.05, 0.1) is 38.0 Å². The fourth-order valence-electron chi connectivity index (χ4n) is 1.70. The lowest BCUT2D eigenvalue weighted by molar-refractivity contribution is -0.385. The number of hydrogen-bond donors (Lipinski definition) is 1. The molecular weight excluding hydrogens is 322 g/mol. The van der Waals surface area contributed by atoms with Crippen molar-refractivity contribution < 1.29 is 33.8 Å². The predicted molar refractivity (Wildman–Crippen MR) is 83.4 cm³/mol. The Bertz CT molecular complexity index is 534.